The van der Waals surface area contributed by atoms with E-state index in [2.05, 4.69) is 20.1 Å². The molecule has 31 heavy (non-hydrogen) atoms. The number of likely N-dealkylation sites (tertiary alicyclic amines) is 1. The minimum Gasteiger partial charge on any atom is -0.440 e. The summed E-state index contributed by atoms with van der Waals surface area (Å²) < 4.78 is 34.7. The Hall–Kier alpha value is -2.26. The monoisotopic (exact) mass is 445 g/mol. The SMILES string of the molecule is Cc1ncoc1-c1nnc(SCCCN2CCC3(CC3c3ccc(F)cc3F)C2)n1C. The first-order chi connectivity index (χ1) is 15.0. The third-order valence-corrected chi connectivity index (χ3v) is 7.73. The van der Waals surface area contributed by atoms with Crippen molar-refractivity contribution >= 4 is 11.8 Å². The Balaban J connectivity index is 1.11. The summed E-state index contributed by atoms with van der Waals surface area (Å²) in [5.74, 6) is 1.60. The van der Waals surface area contributed by atoms with E-state index in [0.717, 1.165) is 61.6 Å². The van der Waals surface area contributed by atoms with Crippen molar-refractivity contribution in [2.45, 2.75) is 37.3 Å². The van der Waals surface area contributed by atoms with Crippen LogP contribution in [0.1, 0.15) is 36.4 Å². The van der Waals surface area contributed by atoms with Crippen molar-refractivity contribution < 1.29 is 13.2 Å². The summed E-state index contributed by atoms with van der Waals surface area (Å²) in [6, 6.07) is 4.00. The van der Waals surface area contributed by atoms with Gasteiger partial charge in [0.1, 0.15) is 11.6 Å². The fourth-order valence-corrected chi connectivity index (χ4v) is 5.64. The van der Waals surface area contributed by atoms with Gasteiger partial charge in [-0.05, 0) is 62.2 Å². The second-order valence-electron chi connectivity index (χ2n) is 8.65. The topological polar surface area (TPSA) is 60.0 Å². The molecule has 1 spiro atoms. The molecule has 2 unspecified atom stereocenters. The van der Waals surface area contributed by atoms with E-state index in [4.69, 9.17) is 4.42 Å². The summed E-state index contributed by atoms with van der Waals surface area (Å²) in [7, 11) is 1.94. The summed E-state index contributed by atoms with van der Waals surface area (Å²) >= 11 is 1.69. The molecule has 6 nitrogen and oxygen atoms in total. The first-order valence-electron chi connectivity index (χ1n) is 10.6. The van der Waals surface area contributed by atoms with Crippen molar-refractivity contribution in [3.05, 3.63) is 47.5 Å². The maximum absolute atomic E-state index is 14.2. The number of hydrogen-bond donors (Lipinski definition) is 0. The van der Waals surface area contributed by atoms with Crippen LogP contribution >= 0.6 is 11.8 Å². The van der Waals surface area contributed by atoms with E-state index in [1.54, 1.807) is 17.8 Å². The number of hydrogen-bond acceptors (Lipinski definition) is 6. The molecule has 1 aliphatic carbocycles. The molecule has 2 aromatic heterocycles. The molecule has 1 aliphatic heterocycles. The molecule has 1 saturated heterocycles. The van der Waals surface area contributed by atoms with Crippen LogP contribution in [0.2, 0.25) is 0 Å². The van der Waals surface area contributed by atoms with Crippen molar-refractivity contribution in [1.82, 2.24) is 24.6 Å². The molecular formula is C22H25F2N5OS. The Bertz CT molecular complexity index is 1100. The van der Waals surface area contributed by atoms with E-state index in [1.165, 1.54) is 12.5 Å². The normalized spacial score (nSPS) is 23.2. The van der Waals surface area contributed by atoms with Gasteiger partial charge in [-0.2, -0.15) is 0 Å². The Morgan fingerprint density at radius 3 is 2.94 bits per heavy atom. The smallest absolute Gasteiger partial charge is 0.202 e. The van der Waals surface area contributed by atoms with Crippen molar-refractivity contribution in [3.8, 4) is 11.6 Å². The summed E-state index contributed by atoms with van der Waals surface area (Å²) in [6.45, 7) is 4.94. The molecule has 2 atom stereocenters. The first-order valence-corrected chi connectivity index (χ1v) is 11.6. The minimum absolute atomic E-state index is 0.180. The second kappa shape index (κ2) is 8.02. The Kier molecular flexibility index (Phi) is 5.34. The number of aryl methyl sites for hydroxylation is 1. The van der Waals surface area contributed by atoms with E-state index in [-0.39, 0.29) is 11.3 Å². The van der Waals surface area contributed by atoms with Gasteiger partial charge in [0.05, 0.1) is 5.69 Å². The zero-order valence-corrected chi connectivity index (χ0v) is 18.5. The van der Waals surface area contributed by atoms with Crippen LogP contribution in [-0.2, 0) is 7.05 Å². The van der Waals surface area contributed by atoms with E-state index >= 15 is 0 Å². The predicted octanol–water partition coefficient (Wildman–Crippen LogP) is 4.42. The molecular weight excluding hydrogens is 420 g/mol. The van der Waals surface area contributed by atoms with Gasteiger partial charge in [-0.1, -0.05) is 17.8 Å². The van der Waals surface area contributed by atoms with Gasteiger partial charge in [0, 0.05) is 25.4 Å². The molecule has 2 fully saturated rings. The minimum atomic E-state index is -0.507. The van der Waals surface area contributed by atoms with Crippen LogP contribution in [0.5, 0.6) is 0 Å². The van der Waals surface area contributed by atoms with E-state index in [9.17, 15) is 8.78 Å². The highest BCUT2D eigenvalue weighted by Crippen LogP contribution is 2.64. The fraction of sp³-hybridized carbons (Fsp3) is 0.500. The third-order valence-electron chi connectivity index (χ3n) is 6.63. The zero-order chi connectivity index (χ0) is 21.6. The molecule has 0 amide bonds. The summed E-state index contributed by atoms with van der Waals surface area (Å²) in [6.07, 6.45) is 4.55. The number of halogens is 2. The van der Waals surface area contributed by atoms with Crippen LogP contribution in [0.3, 0.4) is 0 Å². The van der Waals surface area contributed by atoms with Gasteiger partial charge in [-0.25, -0.2) is 13.8 Å². The lowest BCUT2D eigenvalue weighted by atomic mass is 9.98. The molecule has 5 rings (SSSR count). The summed E-state index contributed by atoms with van der Waals surface area (Å²) in [4.78, 5) is 6.59. The van der Waals surface area contributed by atoms with Gasteiger partial charge < -0.3 is 13.9 Å². The molecule has 3 aromatic rings. The number of oxazole rings is 1. The van der Waals surface area contributed by atoms with Gasteiger partial charge in [0.15, 0.2) is 17.3 Å². The number of thioether (sulfide) groups is 1. The maximum Gasteiger partial charge on any atom is 0.202 e. The van der Waals surface area contributed by atoms with Crippen molar-refractivity contribution in [2.24, 2.45) is 12.5 Å². The number of benzene rings is 1. The van der Waals surface area contributed by atoms with Crippen LogP contribution in [-0.4, -0.2) is 50.0 Å². The van der Waals surface area contributed by atoms with Crippen LogP contribution in [0.4, 0.5) is 8.78 Å². The van der Waals surface area contributed by atoms with E-state index in [0.29, 0.717) is 17.1 Å². The Morgan fingerprint density at radius 2 is 2.16 bits per heavy atom. The first kappa shape index (κ1) is 20.6. The Morgan fingerprint density at radius 1 is 1.29 bits per heavy atom. The molecule has 2 aliphatic rings. The van der Waals surface area contributed by atoms with Gasteiger partial charge in [-0.15, -0.1) is 10.2 Å². The molecule has 9 heteroatoms. The lowest BCUT2D eigenvalue weighted by Gasteiger charge is -2.16. The largest absolute Gasteiger partial charge is 0.440 e. The molecule has 0 N–H and O–H groups in total. The Labute approximate surface area is 184 Å². The maximum atomic E-state index is 14.2. The highest BCUT2D eigenvalue weighted by molar-refractivity contribution is 7.99. The molecule has 3 heterocycles. The zero-order valence-electron chi connectivity index (χ0n) is 17.6. The van der Waals surface area contributed by atoms with Crippen LogP contribution in [0.15, 0.2) is 34.2 Å². The highest BCUT2D eigenvalue weighted by atomic mass is 32.2. The van der Waals surface area contributed by atoms with E-state index < -0.39 is 11.6 Å². The summed E-state index contributed by atoms with van der Waals surface area (Å²) in [5, 5.41) is 9.39. The average molecular weight is 446 g/mol. The third kappa shape index (κ3) is 3.89. The van der Waals surface area contributed by atoms with Gasteiger partial charge in [0.25, 0.3) is 0 Å². The van der Waals surface area contributed by atoms with Crippen molar-refractivity contribution in [3.63, 3.8) is 0 Å². The number of rotatable bonds is 7. The highest BCUT2D eigenvalue weighted by Gasteiger charge is 2.58. The molecule has 0 bridgehead atoms. The van der Waals surface area contributed by atoms with Gasteiger partial charge in [-0.3, -0.25) is 0 Å². The molecule has 0 radical (unpaired) electrons. The fourth-order valence-electron chi connectivity index (χ4n) is 4.80. The van der Waals surface area contributed by atoms with Crippen LogP contribution in [0.25, 0.3) is 11.6 Å². The standard InChI is InChI=1S/C22H25F2N5OS/c1-14-19(30-13-25-14)20-26-27-21(28(20)2)31-9-3-7-29-8-6-22(12-29)11-17(22)16-5-4-15(23)10-18(16)24/h4-5,10,13,17H,3,6-9,11-12H2,1-2H3. The van der Waals surface area contributed by atoms with Gasteiger partial charge >= 0.3 is 0 Å². The summed E-state index contributed by atoms with van der Waals surface area (Å²) in [5.41, 5.74) is 1.66. The quantitative estimate of drug-likeness (QED) is 0.396. The lowest BCUT2D eigenvalue weighted by Crippen LogP contribution is -2.23. The average Bonchev–Trinajstić information content (AvgIpc) is 3.04. The van der Waals surface area contributed by atoms with Crippen LogP contribution < -0.4 is 0 Å². The number of nitrogens with zero attached hydrogens (tertiary/aromatic N) is 5. The van der Waals surface area contributed by atoms with Crippen molar-refractivity contribution in [1.29, 1.82) is 0 Å². The molecule has 164 valence electrons. The lowest BCUT2D eigenvalue weighted by molar-refractivity contribution is 0.319. The van der Waals surface area contributed by atoms with Crippen molar-refractivity contribution in [2.75, 3.05) is 25.4 Å². The number of aromatic nitrogens is 4. The second-order valence-corrected chi connectivity index (χ2v) is 9.71. The molecule has 1 aromatic carbocycles. The van der Waals surface area contributed by atoms with E-state index in [1.807, 2.05) is 18.5 Å². The molecule has 1 saturated carbocycles. The predicted molar refractivity (Wildman–Crippen MR) is 114 cm³/mol. The van der Waals surface area contributed by atoms with Crippen LogP contribution in [0, 0.1) is 24.0 Å². The van der Waals surface area contributed by atoms with Gasteiger partial charge in [0.2, 0.25) is 5.82 Å².